The van der Waals surface area contributed by atoms with Crippen molar-refractivity contribution in [1.29, 1.82) is 5.26 Å². The van der Waals surface area contributed by atoms with Gasteiger partial charge in [0.05, 0.1) is 12.0 Å². The number of hydrogen-bond acceptors (Lipinski definition) is 5. The maximum absolute atomic E-state index is 13.4. The maximum atomic E-state index is 13.4. The third-order valence-electron chi connectivity index (χ3n) is 7.98. The van der Waals surface area contributed by atoms with Crippen molar-refractivity contribution < 1.29 is 32.3 Å². The van der Waals surface area contributed by atoms with Crippen LogP contribution in [0.2, 0.25) is 0 Å². The van der Waals surface area contributed by atoms with Crippen LogP contribution in [0.15, 0.2) is 0 Å². The number of piperidine rings is 2. The van der Waals surface area contributed by atoms with E-state index in [4.69, 9.17) is 0 Å². The molecule has 0 aromatic carbocycles. The van der Waals surface area contributed by atoms with Gasteiger partial charge < -0.3 is 20.9 Å². The van der Waals surface area contributed by atoms with Gasteiger partial charge in [0.2, 0.25) is 23.6 Å². The van der Waals surface area contributed by atoms with E-state index in [1.54, 1.807) is 0 Å². The molecule has 1 aliphatic carbocycles. The zero-order valence-corrected chi connectivity index (χ0v) is 20.9. The van der Waals surface area contributed by atoms with Crippen LogP contribution in [0.4, 0.5) is 13.2 Å². The number of likely N-dealkylation sites (tertiary alicyclic amines) is 1. The molecular formula is C24H34F3N5O4. The molecule has 2 aliphatic heterocycles. The third kappa shape index (κ3) is 5.76. The van der Waals surface area contributed by atoms with Gasteiger partial charge in [-0.3, -0.25) is 19.2 Å². The van der Waals surface area contributed by atoms with E-state index in [0.29, 0.717) is 13.0 Å². The van der Waals surface area contributed by atoms with E-state index in [2.05, 4.69) is 16.0 Å². The van der Waals surface area contributed by atoms with Gasteiger partial charge in [0.1, 0.15) is 18.1 Å². The molecule has 200 valence electrons. The molecule has 2 unspecified atom stereocenters. The number of fused-ring (bicyclic) bond motifs is 1. The molecule has 3 fully saturated rings. The van der Waals surface area contributed by atoms with Crippen molar-refractivity contribution in [3.63, 3.8) is 0 Å². The first kappa shape index (κ1) is 27.7. The Morgan fingerprint density at radius 1 is 1.28 bits per heavy atom. The van der Waals surface area contributed by atoms with Crippen LogP contribution in [0, 0.1) is 40.4 Å². The molecule has 12 heteroatoms. The number of nitriles is 1. The van der Waals surface area contributed by atoms with Crippen molar-refractivity contribution in [3.05, 3.63) is 0 Å². The van der Waals surface area contributed by atoms with E-state index in [0.717, 1.165) is 20.3 Å². The molecule has 0 spiro atoms. The van der Waals surface area contributed by atoms with Gasteiger partial charge in [-0.1, -0.05) is 20.8 Å². The molecule has 0 bridgehead atoms. The van der Waals surface area contributed by atoms with Crippen LogP contribution in [0.1, 0.15) is 53.4 Å². The number of hydrogen-bond donors (Lipinski definition) is 3. The molecule has 3 N–H and O–H groups in total. The Hall–Kier alpha value is -2.84. The second-order valence-corrected chi connectivity index (χ2v) is 10.9. The van der Waals surface area contributed by atoms with Crippen molar-refractivity contribution in [3.8, 4) is 6.07 Å². The summed E-state index contributed by atoms with van der Waals surface area (Å²) >= 11 is 0. The average molecular weight is 514 g/mol. The zero-order chi connectivity index (χ0) is 27.0. The lowest BCUT2D eigenvalue weighted by molar-refractivity contribution is -0.174. The number of alkyl halides is 3. The summed E-state index contributed by atoms with van der Waals surface area (Å²) in [4.78, 5) is 51.8. The van der Waals surface area contributed by atoms with Gasteiger partial charge in [0.25, 0.3) is 0 Å². The summed E-state index contributed by atoms with van der Waals surface area (Å²) in [5.74, 6) is -4.65. The number of carbonyl (C=O) groups excluding carboxylic acids is 4. The minimum Gasteiger partial charge on any atom is -0.356 e. The van der Waals surface area contributed by atoms with Gasteiger partial charge in [-0.05, 0) is 42.9 Å². The zero-order valence-electron chi connectivity index (χ0n) is 20.9. The van der Waals surface area contributed by atoms with Crippen LogP contribution in [-0.2, 0) is 19.2 Å². The Bertz CT molecular complexity index is 947. The lowest BCUT2D eigenvalue weighted by Crippen LogP contribution is -2.57. The van der Waals surface area contributed by atoms with Crippen molar-refractivity contribution in [2.75, 3.05) is 13.1 Å². The quantitative estimate of drug-likeness (QED) is 0.453. The van der Waals surface area contributed by atoms with Crippen LogP contribution < -0.4 is 16.0 Å². The van der Waals surface area contributed by atoms with Crippen molar-refractivity contribution in [1.82, 2.24) is 20.9 Å². The summed E-state index contributed by atoms with van der Waals surface area (Å²) in [6.07, 6.45) is -3.70. The Balaban J connectivity index is 1.77. The van der Waals surface area contributed by atoms with Gasteiger partial charge in [0.15, 0.2) is 0 Å². The normalized spacial score (nSPS) is 29.2. The monoisotopic (exact) mass is 513 g/mol. The fourth-order valence-corrected chi connectivity index (χ4v) is 5.71. The second-order valence-electron chi connectivity index (χ2n) is 10.9. The lowest BCUT2D eigenvalue weighted by Gasteiger charge is -2.34. The molecular weight excluding hydrogens is 479 g/mol. The van der Waals surface area contributed by atoms with E-state index < -0.39 is 60.3 Å². The number of carbonyl (C=O) groups is 4. The first-order valence-corrected chi connectivity index (χ1v) is 12.3. The molecule has 7 atom stereocenters. The van der Waals surface area contributed by atoms with Gasteiger partial charge in [-0.15, -0.1) is 0 Å². The molecule has 2 heterocycles. The summed E-state index contributed by atoms with van der Waals surface area (Å²) in [7, 11) is 0. The van der Waals surface area contributed by atoms with Gasteiger partial charge in [-0.2, -0.15) is 18.4 Å². The standard InChI is InChI=1S/C24H34F3N5O4/c1-12(24(25,26)27)8-17(30-13(2)33)22(36)32-11-16-18(23(16,3)4)19(32)21(35)31-15(10-28)9-14-6-5-7-29-20(14)34/h12,14-19H,5-9,11H2,1-4H3,(H,29,34)(H,30,33)(H,31,35)/t12?,14-,15-,16-,17?,18-,19-/m0/s1. The predicted molar refractivity (Wildman–Crippen MR) is 122 cm³/mol. The topological polar surface area (TPSA) is 131 Å². The van der Waals surface area contributed by atoms with E-state index in [-0.39, 0.29) is 36.1 Å². The van der Waals surface area contributed by atoms with Crippen LogP contribution in [-0.4, -0.2) is 65.9 Å². The van der Waals surface area contributed by atoms with Crippen LogP contribution in [0.5, 0.6) is 0 Å². The number of amides is 4. The molecule has 3 aliphatic rings. The maximum Gasteiger partial charge on any atom is 0.391 e. The smallest absolute Gasteiger partial charge is 0.356 e. The van der Waals surface area contributed by atoms with Crippen LogP contribution in [0.3, 0.4) is 0 Å². The van der Waals surface area contributed by atoms with E-state index in [1.165, 1.54) is 4.90 Å². The summed E-state index contributed by atoms with van der Waals surface area (Å²) in [5.41, 5.74) is -0.257. The Morgan fingerprint density at radius 2 is 1.94 bits per heavy atom. The highest BCUT2D eigenvalue weighted by Crippen LogP contribution is 2.65. The SMILES string of the molecule is CC(=O)NC(CC(C)C(F)(F)F)C(=O)N1C[C@H]2[C@@H]([C@H]1C(=O)N[C@H](C#N)C[C@@H]1CCCNC1=O)C2(C)C. The molecule has 1 saturated carbocycles. The van der Waals surface area contributed by atoms with E-state index >= 15 is 0 Å². The van der Waals surface area contributed by atoms with Crippen molar-refractivity contribution in [2.45, 2.75) is 77.7 Å². The minimum absolute atomic E-state index is 0.0279. The molecule has 0 radical (unpaired) electrons. The molecule has 36 heavy (non-hydrogen) atoms. The van der Waals surface area contributed by atoms with Gasteiger partial charge >= 0.3 is 6.18 Å². The van der Waals surface area contributed by atoms with Crippen LogP contribution >= 0.6 is 0 Å². The highest BCUT2D eigenvalue weighted by atomic mass is 19.4. The molecule has 0 aromatic rings. The molecule has 9 nitrogen and oxygen atoms in total. The molecule has 4 amide bonds. The predicted octanol–water partition coefficient (Wildman–Crippen LogP) is 1.49. The summed E-state index contributed by atoms with van der Waals surface area (Å²) < 4.78 is 39.6. The van der Waals surface area contributed by atoms with E-state index in [1.807, 2.05) is 19.9 Å². The van der Waals surface area contributed by atoms with Crippen LogP contribution in [0.25, 0.3) is 0 Å². The van der Waals surface area contributed by atoms with E-state index in [9.17, 15) is 37.6 Å². The first-order valence-electron chi connectivity index (χ1n) is 12.3. The minimum atomic E-state index is -4.55. The Kier molecular flexibility index (Phi) is 7.91. The fraction of sp³-hybridized carbons (Fsp3) is 0.792. The summed E-state index contributed by atoms with van der Waals surface area (Å²) in [6.45, 7) is 6.71. The Labute approximate surface area is 208 Å². The first-order chi connectivity index (χ1) is 16.7. The highest BCUT2D eigenvalue weighted by molar-refractivity contribution is 5.93. The largest absolute Gasteiger partial charge is 0.391 e. The molecule has 3 rings (SSSR count). The highest BCUT2D eigenvalue weighted by Gasteiger charge is 2.69. The third-order valence-corrected chi connectivity index (χ3v) is 7.98. The second kappa shape index (κ2) is 10.3. The number of halogens is 3. The number of nitrogens with zero attached hydrogens (tertiary/aromatic N) is 2. The van der Waals surface area contributed by atoms with Gasteiger partial charge in [0, 0.05) is 25.9 Å². The fourth-order valence-electron chi connectivity index (χ4n) is 5.71. The summed E-state index contributed by atoms with van der Waals surface area (Å²) in [5, 5.41) is 17.3. The molecule has 2 saturated heterocycles. The lowest BCUT2D eigenvalue weighted by atomic mass is 9.91. The number of nitrogens with one attached hydrogen (secondary N) is 3. The average Bonchev–Trinajstić information content (AvgIpc) is 3.11. The van der Waals surface area contributed by atoms with Crippen molar-refractivity contribution in [2.24, 2.45) is 29.1 Å². The van der Waals surface area contributed by atoms with Gasteiger partial charge in [-0.25, -0.2) is 0 Å². The van der Waals surface area contributed by atoms with Crippen molar-refractivity contribution >= 4 is 23.6 Å². The summed E-state index contributed by atoms with van der Waals surface area (Å²) in [6, 6.07) is -1.36. The molecule has 0 aromatic heterocycles. The Morgan fingerprint density at radius 3 is 2.50 bits per heavy atom. The number of rotatable bonds is 8.